The lowest BCUT2D eigenvalue weighted by atomic mass is 9.76. The molecular formula is C16H28N2S. The zero-order valence-corrected chi connectivity index (χ0v) is 13.2. The first-order chi connectivity index (χ1) is 9.19. The Labute approximate surface area is 122 Å². The zero-order valence-electron chi connectivity index (χ0n) is 12.3. The molecule has 1 aliphatic rings. The van der Waals surface area contributed by atoms with Crippen LogP contribution in [-0.2, 0) is 6.54 Å². The van der Waals surface area contributed by atoms with Crippen LogP contribution in [0.2, 0.25) is 0 Å². The largest absolute Gasteiger partial charge is 0.327 e. The van der Waals surface area contributed by atoms with E-state index in [1.54, 1.807) is 0 Å². The first-order valence-corrected chi connectivity index (χ1v) is 8.53. The molecule has 3 unspecified atom stereocenters. The van der Waals surface area contributed by atoms with Crippen LogP contribution in [0.1, 0.15) is 43.9 Å². The fraction of sp³-hybridized carbons (Fsp3) is 0.750. The van der Waals surface area contributed by atoms with E-state index in [1.165, 1.54) is 37.0 Å². The van der Waals surface area contributed by atoms with Crippen LogP contribution in [0.5, 0.6) is 0 Å². The van der Waals surface area contributed by atoms with E-state index < -0.39 is 0 Å². The summed E-state index contributed by atoms with van der Waals surface area (Å²) in [5.41, 5.74) is 6.33. The minimum absolute atomic E-state index is 0.416. The second kappa shape index (κ2) is 7.41. The predicted molar refractivity (Wildman–Crippen MR) is 84.4 cm³/mol. The van der Waals surface area contributed by atoms with Crippen LogP contribution in [0.25, 0.3) is 0 Å². The smallest absolute Gasteiger partial charge is 0.0324 e. The number of thiophene rings is 1. The first kappa shape index (κ1) is 15.0. The molecule has 3 atom stereocenters. The zero-order chi connectivity index (χ0) is 13.7. The Balaban J connectivity index is 1.82. The van der Waals surface area contributed by atoms with Crippen LogP contribution < -0.4 is 5.73 Å². The molecule has 0 aromatic carbocycles. The monoisotopic (exact) mass is 280 g/mol. The van der Waals surface area contributed by atoms with E-state index >= 15 is 0 Å². The van der Waals surface area contributed by atoms with E-state index in [-0.39, 0.29) is 0 Å². The third-order valence-electron chi connectivity index (χ3n) is 4.40. The van der Waals surface area contributed by atoms with Crippen molar-refractivity contribution in [2.24, 2.45) is 17.6 Å². The fourth-order valence-electron chi connectivity index (χ4n) is 3.40. The van der Waals surface area contributed by atoms with Crippen molar-refractivity contribution in [2.45, 2.75) is 51.6 Å². The van der Waals surface area contributed by atoms with E-state index in [0.29, 0.717) is 12.0 Å². The van der Waals surface area contributed by atoms with Gasteiger partial charge in [-0.3, -0.25) is 0 Å². The normalized spacial score (nSPS) is 27.9. The molecule has 2 rings (SSSR count). The van der Waals surface area contributed by atoms with Crippen molar-refractivity contribution in [2.75, 3.05) is 13.6 Å². The number of nitrogens with two attached hydrogens (primary N) is 1. The highest BCUT2D eigenvalue weighted by Crippen LogP contribution is 2.31. The van der Waals surface area contributed by atoms with Gasteiger partial charge in [0.25, 0.3) is 0 Å². The van der Waals surface area contributed by atoms with Gasteiger partial charge in [-0.25, -0.2) is 0 Å². The molecule has 2 nitrogen and oxygen atoms in total. The summed E-state index contributed by atoms with van der Waals surface area (Å²) >= 11 is 1.85. The summed E-state index contributed by atoms with van der Waals surface area (Å²) in [5.74, 6) is 1.61. The summed E-state index contributed by atoms with van der Waals surface area (Å²) in [5, 5.41) is 2.16. The van der Waals surface area contributed by atoms with E-state index in [2.05, 4.69) is 36.4 Å². The summed E-state index contributed by atoms with van der Waals surface area (Å²) in [4.78, 5) is 3.90. The lowest BCUT2D eigenvalue weighted by Crippen LogP contribution is -2.42. The lowest BCUT2D eigenvalue weighted by molar-refractivity contribution is 0.166. The Bertz CT molecular complexity index is 350. The Morgan fingerprint density at radius 3 is 2.95 bits per heavy atom. The first-order valence-electron chi connectivity index (χ1n) is 7.65. The summed E-state index contributed by atoms with van der Waals surface area (Å²) in [6.45, 7) is 4.52. The van der Waals surface area contributed by atoms with Gasteiger partial charge in [-0.1, -0.05) is 25.8 Å². The Kier molecular flexibility index (Phi) is 5.86. The maximum absolute atomic E-state index is 6.33. The van der Waals surface area contributed by atoms with Crippen molar-refractivity contribution >= 4 is 11.3 Å². The van der Waals surface area contributed by atoms with E-state index in [1.807, 2.05) is 11.3 Å². The molecule has 0 saturated heterocycles. The van der Waals surface area contributed by atoms with E-state index in [9.17, 15) is 0 Å². The molecule has 2 N–H and O–H groups in total. The average Bonchev–Trinajstić information content (AvgIpc) is 2.86. The quantitative estimate of drug-likeness (QED) is 0.860. The lowest BCUT2D eigenvalue weighted by Gasteiger charge is -2.36. The van der Waals surface area contributed by atoms with Gasteiger partial charge in [0.1, 0.15) is 0 Å². The molecule has 0 amide bonds. The second-order valence-electron chi connectivity index (χ2n) is 6.17. The third kappa shape index (κ3) is 4.59. The minimum Gasteiger partial charge on any atom is -0.327 e. The summed E-state index contributed by atoms with van der Waals surface area (Å²) in [6, 6.07) is 4.78. The highest BCUT2D eigenvalue weighted by Gasteiger charge is 2.28. The Morgan fingerprint density at radius 1 is 1.42 bits per heavy atom. The van der Waals surface area contributed by atoms with Crippen molar-refractivity contribution in [3.05, 3.63) is 22.4 Å². The molecule has 1 heterocycles. The second-order valence-corrected chi connectivity index (χ2v) is 7.20. The van der Waals surface area contributed by atoms with Crippen LogP contribution >= 0.6 is 11.3 Å². The maximum atomic E-state index is 6.33. The molecule has 0 aliphatic heterocycles. The van der Waals surface area contributed by atoms with Crippen LogP contribution in [0.15, 0.2) is 17.5 Å². The van der Waals surface area contributed by atoms with Gasteiger partial charge in [-0.2, -0.15) is 0 Å². The van der Waals surface area contributed by atoms with Gasteiger partial charge in [0.05, 0.1) is 0 Å². The van der Waals surface area contributed by atoms with Gasteiger partial charge in [0, 0.05) is 24.0 Å². The molecule has 1 aromatic rings. The molecule has 1 aromatic heterocycles. The maximum Gasteiger partial charge on any atom is 0.0324 e. The third-order valence-corrected chi connectivity index (χ3v) is 5.26. The van der Waals surface area contributed by atoms with Crippen LogP contribution in [0, 0.1) is 11.8 Å². The highest BCUT2D eigenvalue weighted by molar-refractivity contribution is 7.09. The Morgan fingerprint density at radius 2 is 2.26 bits per heavy atom. The number of nitrogens with zero attached hydrogens (tertiary/aromatic N) is 1. The van der Waals surface area contributed by atoms with Gasteiger partial charge in [-0.15, -0.1) is 11.3 Å². The molecule has 3 heteroatoms. The topological polar surface area (TPSA) is 29.3 Å². The predicted octanol–water partition coefficient (Wildman–Crippen LogP) is 3.72. The van der Waals surface area contributed by atoms with E-state index in [4.69, 9.17) is 5.73 Å². The highest BCUT2D eigenvalue weighted by atomic mass is 32.1. The van der Waals surface area contributed by atoms with Crippen molar-refractivity contribution in [1.29, 1.82) is 0 Å². The van der Waals surface area contributed by atoms with Crippen molar-refractivity contribution in [1.82, 2.24) is 4.90 Å². The van der Waals surface area contributed by atoms with Gasteiger partial charge in [0.15, 0.2) is 0 Å². The van der Waals surface area contributed by atoms with Gasteiger partial charge < -0.3 is 10.6 Å². The van der Waals surface area contributed by atoms with Crippen LogP contribution in [-0.4, -0.2) is 24.5 Å². The summed E-state index contributed by atoms with van der Waals surface area (Å²) in [6.07, 6.45) is 6.61. The number of hydrogen-bond acceptors (Lipinski definition) is 3. The number of hydrogen-bond donors (Lipinski definition) is 1. The van der Waals surface area contributed by atoms with Crippen LogP contribution in [0.4, 0.5) is 0 Å². The van der Waals surface area contributed by atoms with E-state index in [0.717, 1.165) is 19.0 Å². The van der Waals surface area contributed by atoms with Crippen LogP contribution in [0.3, 0.4) is 0 Å². The van der Waals surface area contributed by atoms with Gasteiger partial charge in [-0.05, 0) is 49.6 Å². The molecule has 108 valence electrons. The molecule has 19 heavy (non-hydrogen) atoms. The molecule has 0 bridgehead atoms. The fourth-order valence-corrected chi connectivity index (χ4v) is 4.18. The Hall–Kier alpha value is -0.380. The molecule has 0 spiro atoms. The molecular weight excluding hydrogens is 252 g/mol. The molecule has 0 radical (unpaired) electrons. The van der Waals surface area contributed by atoms with Crippen molar-refractivity contribution in [3.63, 3.8) is 0 Å². The SMILES string of the molecule is CCCC1CCC(N)C(CN(C)Cc2cccs2)C1. The van der Waals surface area contributed by atoms with Crippen molar-refractivity contribution < 1.29 is 0 Å². The molecule has 1 fully saturated rings. The van der Waals surface area contributed by atoms with Gasteiger partial charge in [0.2, 0.25) is 0 Å². The van der Waals surface area contributed by atoms with Gasteiger partial charge >= 0.3 is 0 Å². The molecule has 1 aliphatic carbocycles. The summed E-state index contributed by atoms with van der Waals surface area (Å²) in [7, 11) is 2.23. The standard InChI is InChI=1S/C16H28N2S/c1-3-5-13-7-8-16(17)14(10-13)11-18(2)12-15-6-4-9-19-15/h4,6,9,13-14,16H,3,5,7-8,10-12,17H2,1-2H3. The molecule has 1 saturated carbocycles. The summed E-state index contributed by atoms with van der Waals surface area (Å²) < 4.78 is 0. The van der Waals surface area contributed by atoms with Crippen molar-refractivity contribution in [3.8, 4) is 0 Å². The number of rotatable bonds is 6. The average molecular weight is 280 g/mol. The minimum atomic E-state index is 0.416.